The summed E-state index contributed by atoms with van der Waals surface area (Å²) in [5.74, 6) is -0.941. The predicted octanol–water partition coefficient (Wildman–Crippen LogP) is -1.66. The summed E-state index contributed by atoms with van der Waals surface area (Å²) < 4.78 is 0. The number of urea groups is 1. The molecule has 3 amide bonds. The molecule has 0 atom stereocenters. The van der Waals surface area contributed by atoms with Crippen LogP contribution in [0.4, 0.5) is 4.79 Å². The molecule has 0 bridgehead atoms. The van der Waals surface area contributed by atoms with Crippen LogP contribution in [0.25, 0.3) is 0 Å². The van der Waals surface area contributed by atoms with Gasteiger partial charge in [-0.15, -0.1) is 0 Å². The number of thiol groups is 1. The van der Waals surface area contributed by atoms with Crippen LogP contribution in [0.15, 0.2) is 9.98 Å². The Labute approximate surface area is 98.2 Å². The molecule has 0 unspecified atom stereocenters. The van der Waals surface area contributed by atoms with Crippen LogP contribution in [0.5, 0.6) is 0 Å². The standard InChI is InChI=1S/C7H14N6O2S/c1-13(2)6(9)11-5(8)12-7(15)10-4(14)3-16/h16H,3H2,1-2H3,(H5,8,9,10,11,12,14,15). The Hall–Kier alpha value is -1.77. The number of carbonyl (C=O) groups excluding carboxylic acids is 2. The lowest BCUT2D eigenvalue weighted by Gasteiger charge is -2.09. The first-order chi connectivity index (χ1) is 7.36. The minimum absolute atomic E-state index is 0.0922. The average Bonchev–Trinajstić information content (AvgIpc) is 2.16. The Bertz CT molecular complexity index is 338. The molecule has 0 rings (SSSR count). The van der Waals surface area contributed by atoms with Crippen molar-refractivity contribution in [2.45, 2.75) is 0 Å². The number of hydrogen-bond acceptors (Lipinski definition) is 3. The Morgan fingerprint density at radius 2 is 1.88 bits per heavy atom. The van der Waals surface area contributed by atoms with Crippen molar-refractivity contribution in [3.8, 4) is 0 Å². The highest BCUT2D eigenvalue weighted by Crippen LogP contribution is 1.82. The maximum Gasteiger partial charge on any atom is 0.350 e. The second-order valence-corrected chi connectivity index (χ2v) is 3.16. The predicted molar refractivity (Wildman–Crippen MR) is 64.3 cm³/mol. The van der Waals surface area contributed by atoms with E-state index in [1.807, 2.05) is 5.32 Å². The van der Waals surface area contributed by atoms with Gasteiger partial charge < -0.3 is 16.4 Å². The number of hydrogen-bond donors (Lipinski definition) is 4. The van der Waals surface area contributed by atoms with Crippen LogP contribution in [0.3, 0.4) is 0 Å². The fourth-order valence-electron chi connectivity index (χ4n) is 0.533. The van der Waals surface area contributed by atoms with E-state index in [0.717, 1.165) is 0 Å². The van der Waals surface area contributed by atoms with Gasteiger partial charge in [0.25, 0.3) is 0 Å². The molecule has 16 heavy (non-hydrogen) atoms. The van der Waals surface area contributed by atoms with Crippen LogP contribution in [0.1, 0.15) is 0 Å². The molecule has 8 nitrogen and oxygen atoms in total. The molecule has 0 radical (unpaired) electrons. The molecule has 0 aromatic rings. The number of rotatable bonds is 1. The summed E-state index contributed by atoms with van der Waals surface area (Å²) >= 11 is 3.67. The third kappa shape index (κ3) is 5.86. The van der Waals surface area contributed by atoms with Gasteiger partial charge in [-0.2, -0.15) is 22.6 Å². The largest absolute Gasteiger partial charge is 0.369 e. The maximum atomic E-state index is 11.0. The normalized spacial score (nSPS) is 12.2. The summed E-state index contributed by atoms with van der Waals surface area (Å²) in [5.41, 5.74) is 10.7. The first-order valence-corrected chi connectivity index (χ1v) is 4.80. The summed E-state index contributed by atoms with van der Waals surface area (Å²) in [5, 5.41) is 1.92. The van der Waals surface area contributed by atoms with Gasteiger partial charge in [0.15, 0.2) is 5.96 Å². The third-order valence-corrected chi connectivity index (χ3v) is 1.58. The highest BCUT2D eigenvalue weighted by Gasteiger charge is 2.05. The minimum atomic E-state index is -0.910. The molecule has 0 heterocycles. The van der Waals surface area contributed by atoms with Gasteiger partial charge in [-0.1, -0.05) is 0 Å². The summed E-state index contributed by atoms with van der Waals surface area (Å²) in [7, 11) is 3.30. The van der Waals surface area contributed by atoms with E-state index in [-0.39, 0.29) is 17.7 Å². The summed E-state index contributed by atoms with van der Waals surface area (Å²) in [6.45, 7) is 0. The second kappa shape index (κ2) is 6.67. The van der Waals surface area contributed by atoms with E-state index in [1.165, 1.54) is 4.90 Å². The summed E-state index contributed by atoms with van der Waals surface area (Å²) in [6, 6.07) is -0.910. The second-order valence-electron chi connectivity index (χ2n) is 2.85. The summed E-state index contributed by atoms with van der Waals surface area (Å²) in [6.07, 6.45) is 0. The van der Waals surface area contributed by atoms with Crippen LogP contribution >= 0.6 is 12.6 Å². The number of carbonyl (C=O) groups is 2. The van der Waals surface area contributed by atoms with Crippen molar-refractivity contribution in [1.82, 2.24) is 10.2 Å². The van der Waals surface area contributed by atoms with Crippen molar-refractivity contribution in [3.63, 3.8) is 0 Å². The van der Waals surface area contributed by atoms with E-state index < -0.39 is 11.9 Å². The molecule has 90 valence electrons. The van der Waals surface area contributed by atoms with E-state index in [0.29, 0.717) is 0 Å². The van der Waals surface area contributed by atoms with Gasteiger partial charge in [0.1, 0.15) is 0 Å². The van der Waals surface area contributed by atoms with Gasteiger partial charge >= 0.3 is 6.03 Å². The van der Waals surface area contributed by atoms with E-state index in [4.69, 9.17) is 11.5 Å². The molecular formula is C7H14N6O2S. The molecule has 0 aliphatic carbocycles. The number of aliphatic imine (C=N–C) groups is 2. The van der Waals surface area contributed by atoms with Gasteiger partial charge in [-0.3, -0.25) is 10.1 Å². The molecular weight excluding hydrogens is 232 g/mol. The van der Waals surface area contributed by atoms with Crippen molar-refractivity contribution < 1.29 is 9.59 Å². The Balaban J connectivity index is 4.49. The van der Waals surface area contributed by atoms with E-state index >= 15 is 0 Å². The SMILES string of the molecule is CN(C)C(N)=NC(N)=NC(=O)NC(=O)CS. The molecule has 0 saturated heterocycles. The van der Waals surface area contributed by atoms with Gasteiger partial charge in [0.2, 0.25) is 11.9 Å². The first-order valence-electron chi connectivity index (χ1n) is 4.17. The van der Waals surface area contributed by atoms with E-state index in [9.17, 15) is 9.59 Å². The molecule has 5 N–H and O–H groups in total. The molecule has 0 aliphatic heterocycles. The minimum Gasteiger partial charge on any atom is -0.369 e. The third-order valence-electron chi connectivity index (χ3n) is 1.29. The Kier molecular flexibility index (Phi) is 5.93. The van der Waals surface area contributed by atoms with Crippen molar-refractivity contribution in [2.75, 3.05) is 19.8 Å². The van der Waals surface area contributed by atoms with Gasteiger partial charge in [0.05, 0.1) is 5.75 Å². The van der Waals surface area contributed by atoms with Crippen molar-refractivity contribution in [3.05, 3.63) is 0 Å². The lowest BCUT2D eigenvalue weighted by atomic mass is 10.7. The number of nitrogens with two attached hydrogens (primary N) is 2. The van der Waals surface area contributed by atoms with Gasteiger partial charge in [-0.05, 0) is 0 Å². The molecule has 0 saturated carbocycles. The number of amides is 3. The highest BCUT2D eigenvalue weighted by molar-refractivity contribution is 7.81. The van der Waals surface area contributed by atoms with Crippen LogP contribution in [-0.2, 0) is 4.79 Å². The zero-order valence-corrected chi connectivity index (χ0v) is 9.86. The van der Waals surface area contributed by atoms with Gasteiger partial charge in [0, 0.05) is 14.1 Å². The number of nitrogens with zero attached hydrogens (tertiary/aromatic N) is 3. The van der Waals surface area contributed by atoms with E-state index in [1.54, 1.807) is 14.1 Å². The number of imide groups is 1. The van der Waals surface area contributed by atoms with Crippen LogP contribution < -0.4 is 16.8 Å². The fraction of sp³-hybridized carbons (Fsp3) is 0.429. The van der Waals surface area contributed by atoms with Crippen molar-refractivity contribution in [1.29, 1.82) is 0 Å². The molecule has 0 aromatic carbocycles. The summed E-state index contributed by atoms with van der Waals surface area (Å²) in [4.78, 5) is 30.1. The average molecular weight is 246 g/mol. The Morgan fingerprint density at radius 3 is 2.31 bits per heavy atom. The smallest absolute Gasteiger partial charge is 0.350 e. The lowest BCUT2D eigenvalue weighted by Crippen LogP contribution is -2.34. The van der Waals surface area contributed by atoms with Crippen LogP contribution in [0, 0.1) is 0 Å². The quantitative estimate of drug-likeness (QED) is 0.250. The zero-order valence-electron chi connectivity index (χ0n) is 8.97. The van der Waals surface area contributed by atoms with Crippen LogP contribution in [0.2, 0.25) is 0 Å². The fourth-order valence-corrected chi connectivity index (χ4v) is 0.612. The van der Waals surface area contributed by atoms with Crippen molar-refractivity contribution >= 4 is 36.5 Å². The van der Waals surface area contributed by atoms with Gasteiger partial charge in [-0.25, -0.2) is 4.79 Å². The first kappa shape index (κ1) is 14.2. The monoisotopic (exact) mass is 246 g/mol. The molecule has 0 spiro atoms. The number of nitrogens with one attached hydrogen (secondary N) is 1. The van der Waals surface area contributed by atoms with Crippen LogP contribution in [-0.4, -0.2) is 48.6 Å². The lowest BCUT2D eigenvalue weighted by molar-refractivity contribution is -0.117. The molecule has 9 heteroatoms. The molecule has 0 aromatic heterocycles. The Morgan fingerprint density at radius 1 is 1.31 bits per heavy atom. The van der Waals surface area contributed by atoms with Crippen molar-refractivity contribution in [2.24, 2.45) is 21.5 Å². The number of guanidine groups is 2. The zero-order chi connectivity index (χ0) is 12.7. The molecule has 0 fully saturated rings. The highest BCUT2D eigenvalue weighted by atomic mass is 32.1. The van der Waals surface area contributed by atoms with E-state index in [2.05, 4.69) is 22.6 Å². The maximum absolute atomic E-state index is 11.0. The molecule has 0 aliphatic rings. The topological polar surface area (TPSA) is 126 Å².